The molecule has 1 amide bonds. The van der Waals surface area contributed by atoms with Crippen LogP contribution in [-0.2, 0) is 33.2 Å². The van der Waals surface area contributed by atoms with Crippen molar-refractivity contribution in [2.45, 2.75) is 49.8 Å². The minimum atomic E-state index is -1.69. The van der Waals surface area contributed by atoms with Gasteiger partial charge in [0.05, 0.1) is 32.5 Å². The van der Waals surface area contributed by atoms with E-state index in [1.54, 1.807) is 0 Å². The molecular weight excluding hydrogens is 434 g/mol. The van der Waals surface area contributed by atoms with Crippen LogP contribution in [0.15, 0.2) is 12.7 Å². The number of hydrogen-bond acceptors (Lipinski definition) is 12. The van der Waals surface area contributed by atoms with Crippen LogP contribution in [-0.4, -0.2) is 122 Å². The fraction of sp³-hybridized carbons (Fsp3) is 0.789. The lowest BCUT2D eigenvalue weighted by atomic mass is 9.99. The molecule has 32 heavy (non-hydrogen) atoms. The van der Waals surface area contributed by atoms with Gasteiger partial charge in [0.15, 0.2) is 12.3 Å². The number of hydrogen-bond donors (Lipinski definition) is 5. The van der Waals surface area contributed by atoms with Crippen molar-refractivity contribution < 1.29 is 58.4 Å². The predicted molar refractivity (Wildman–Crippen MR) is 106 cm³/mol. The minimum Gasteiger partial charge on any atom is -0.462 e. The Morgan fingerprint density at radius 2 is 1.78 bits per heavy atom. The molecule has 1 aliphatic rings. The van der Waals surface area contributed by atoms with Crippen molar-refractivity contribution in [3.63, 3.8) is 0 Å². The van der Waals surface area contributed by atoms with Crippen LogP contribution in [0.1, 0.15) is 6.92 Å². The number of ether oxygens (including phenoxy) is 6. The highest BCUT2D eigenvalue weighted by Crippen LogP contribution is 2.23. The lowest BCUT2D eigenvalue weighted by Crippen LogP contribution is -2.61. The average molecular weight is 467 g/mol. The van der Waals surface area contributed by atoms with Gasteiger partial charge in [-0.1, -0.05) is 12.7 Å². The van der Waals surface area contributed by atoms with Crippen LogP contribution in [0.5, 0.6) is 0 Å². The van der Waals surface area contributed by atoms with E-state index >= 15 is 0 Å². The van der Waals surface area contributed by atoms with Gasteiger partial charge in [-0.3, -0.25) is 0 Å². The molecule has 13 heteroatoms. The summed E-state index contributed by atoms with van der Waals surface area (Å²) in [7, 11) is 1.52. The van der Waals surface area contributed by atoms with Crippen LogP contribution in [0, 0.1) is 0 Å². The third-order valence-electron chi connectivity index (χ3n) is 4.43. The maximum Gasteiger partial charge on any atom is 0.408 e. The Labute approximate surface area is 185 Å². The molecule has 0 aromatic heterocycles. The highest BCUT2D eigenvalue weighted by atomic mass is 16.7. The SMILES string of the molecule is C=CCOC(=O)N[C@H](C(=O)OCCOCCOC)[C@H](C)O[C@@H]1O[C@H](CO)[C@@H](O)[C@H](O)[C@H]1O. The molecule has 0 saturated carbocycles. The van der Waals surface area contributed by atoms with Gasteiger partial charge in [-0.2, -0.15) is 0 Å². The Hall–Kier alpha value is -1.84. The molecule has 1 fully saturated rings. The van der Waals surface area contributed by atoms with Gasteiger partial charge < -0.3 is 54.2 Å². The first-order chi connectivity index (χ1) is 15.3. The van der Waals surface area contributed by atoms with Crippen LogP contribution < -0.4 is 5.32 Å². The predicted octanol–water partition coefficient (Wildman–Crippen LogP) is -2.32. The number of aliphatic hydroxyl groups is 4. The number of methoxy groups -OCH3 is 1. The van der Waals surface area contributed by atoms with E-state index in [0.717, 1.165) is 0 Å². The lowest BCUT2D eigenvalue weighted by Gasteiger charge is -2.41. The standard InChI is InChI=1S/C19H33NO12/c1-4-5-30-19(26)20-13(17(25)29-9-8-28-7-6-27-3)11(2)31-18-16(24)15(23)14(22)12(10-21)32-18/h4,11-16,18,21-24H,1,5-10H2,2-3H3,(H,20,26)/t11-,12+,13-,14+,15-,16+,18+/m0/s1. The Morgan fingerprint density at radius 1 is 1.09 bits per heavy atom. The first kappa shape index (κ1) is 28.2. The minimum absolute atomic E-state index is 0.0880. The summed E-state index contributed by atoms with van der Waals surface area (Å²) in [6.45, 7) is 4.69. The highest BCUT2D eigenvalue weighted by Gasteiger charge is 2.45. The van der Waals surface area contributed by atoms with E-state index in [1.165, 1.54) is 20.1 Å². The second kappa shape index (κ2) is 15.1. The maximum absolute atomic E-state index is 12.5. The van der Waals surface area contributed by atoms with Gasteiger partial charge in [0, 0.05) is 7.11 Å². The summed E-state index contributed by atoms with van der Waals surface area (Å²) in [5, 5.41) is 41.5. The van der Waals surface area contributed by atoms with E-state index in [0.29, 0.717) is 13.2 Å². The molecule has 0 unspecified atom stereocenters. The molecule has 13 nitrogen and oxygen atoms in total. The first-order valence-electron chi connectivity index (χ1n) is 10.00. The summed E-state index contributed by atoms with van der Waals surface area (Å²) < 4.78 is 30.7. The zero-order chi connectivity index (χ0) is 24.1. The molecule has 0 radical (unpaired) electrons. The molecule has 0 spiro atoms. The molecule has 0 bridgehead atoms. The van der Waals surface area contributed by atoms with Crippen molar-refractivity contribution in [2.75, 3.05) is 46.8 Å². The van der Waals surface area contributed by atoms with E-state index in [4.69, 9.17) is 28.4 Å². The Kier molecular flexibility index (Phi) is 13.3. The summed E-state index contributed by atoms with van der Waals surface area (Å²) >= 11 is 0. The fourth-order valence-corrected chi connectivity index (χ4v) is 2.68. The van der Waals surface area contributed by atoms with Crippen molar-refractivity contribution in [3.05, 3.63) is 12.7 Å². The van der Waals surface area contributed by atoms with Gasteiger partial charge >= 0.3 is 12.1 Å². The van der Waals surface area contributed by atoms with Crippen LogP contribution >= 0.6 is 0 Å². The smallest absolute Gasteiger partial charge is 0.408 e. The molecule has 1 saturated heterocycles. The van der Waals surface area contributed by atoms with Gasteiger partial charge in [-0.15, -0.1) is 0 Å². The van der Waals surface area contributed by atoms with Crippen molar-refractivity contribution in [1.29, 1.82) is 0 Å². The highest BCUT2D eigenvalue weighted by molar-refractivity contribution is 5.82. The molecule has 1 aliphatic heterocycles. The second-order valence-corrected chi connectivity index (χ2v) is 6.82. The first-order valence-corrected chi connectivity index (χ1v) is 10.00. The third-order valence-corrected chi connectivity index (χ3v) is 4.43. The number of aliphatic hydroxyl groups excluding tert-OH is 4. The van der Waals surface area contributed by atoms with Gasteiger partial charge in [0.25, 0.3) is 0 Å². The van der Waals surface area contributed by atoms with Crippen molar-refractivity contribution in [1.82, 2.24) is 5.32 Å². The summed E-state index contributed by atoms with van der Waals surface area (Å²) in [5.41, 5.74) is 0. The molecular formula is C19H33NO12. The van der Waals surface area contributed by atoms with E-state index < -0.39 is 61.5 Å². The van der Waals surface area contributed by atoms with Crippen molar-refractivity contribution in [3.8, 4) is 0 Å². The molecule has 0 aliphatic carbocycles. The van der Waals surface area contributed by atoms with Crippen LogP contribution in [0.3, 0.4) is 0 Å². The average Bonchev–Trinajstić information content (AvgIpc) is 2.78. The summed E-state index contributed by atoms with van der Waals surface area (Å²) in [4.78, 5) is 24.5. The van der Waals surface area contributed by atoms with E-state index in [9.17, 15) is 30.0 Å². The topological polar surface area (TPSA) is 182 Å². The van der Waals surface area contributed by atoms with E-state index in [2.05, 4.69) is 11.9 Å². The molecule has 186 valence electrons. The maximum atomic E-state index is 12.5. The summed E-state index contributed by atoms with van der Waals surface area (Å²) in [6.07, 6.45) is -8.41. The van der Waals surface area contributed by atoms with Crippen LogP contribution in [0.2, 0.25) is 0 Å². The number of nitrogens with one attached hydrogen (secondary N) is 1. The molecule has 1 heterocycles. The van der Waals surface area contributed by atoms with E-state index in [-0.39, 0.29) is 19.8 Å². The summed E-state index contributed by atoms with van der Waals surface area (Å²) in [6, 6.07) is -1.39. The number of carbonyl (C=O) groups is 2. The summed E-state index contributed by atoms with van der Waals surface area (Å²) in [5.74, 6) is -0.881. The van der Waals surface area contributed by atoms with Gasteiger partial charge in [0.2, 0.25) is 0 Å². The third kappa shape index (κ3) is 8.96. The van der Waals surface area contributed by atoms with Gasteiger partial charge in [-0.05, 0) is 6.92 Å². The lowest BCUT2D eigenvalue weighted by molar-refractivity contribution is -0.311. The number of amides is 1. The number of esters is 1. The van der Waals surface area contributed by atoms with E-state index in [1.807, 2.05) is 0 Å². The molecule has 7 atom stereocenters. The van der Waals surface area contributed by atoms with Crippen molar-refractivity contribution in [2.24, 2.45) is 0 Å². The zero-order valence-corrected chi connectivity index (χ0v) is 18.1. The van der Waals surface area contributed by atoms with Crippen LogP contribution in [0.25, 0.3) is 0 Å². The molecule has 0 aromatic carbocycles. The monoisotopic (exact) mass is 467 g/mol. The Balaban J connectivity index is 2.77. The van der Waals surface area contributed by atoms with Crippen LogP contribution in [0.4, 0.5) is 4.79 Å². The molecule has 0 aromatic rings. The Bertz CT molecular complexity index is 575. The second-order valence-electron chi connectivity index (χ2n) is 6.82. The van der Waals surface area contributed by atoms with Gasteiger partial charge in [-0.25, -0.2) is 9.59 Å². The fourth-order valence-electron chi connectivity index (χ4n) is 2.68. The molecule has 5 N–H and O–H groups in total. The normalized spacial score (nSPS) is 27.2. The quantitative estimate of drug-likeness (QED) is 0.105. The number of rotatable bonds is 14. The Morgan fingerprint density at radius 3 is 2.41 bits per heavy atom. The zero-order valence-electron chi connectivity index (χ0n) is 18.1. The number of alkyl carbamates (subject to hydrolysis) is 1. The van der Waals surface area contributed by atoms with Gasteiger partial charge in [0.1, 0.15) is 37.6 Å². The van der Waals surface area contributed by atoms with Crippen molar-refractivity contribution >= 4 is 12.1 Å². The largest absolute Gasteiger partial charge is 0.462 e. The number of carbonyl (C=O) groups excluding carboxylic acids is 2. The molecule has 1 rings (SSSR count).